The Morgan fingerprint density at radius 1 is 1.38 bits per heavy atom. The van der Waals surface area contributed by atoms with Crippen LogP contribution in [-0.2, 0) is 15.8 Å². The molecule has 2 rings (SSSR count). The van der Waals surface area contributed by atoms with Gasteiger partial charge in [0.05, 0.1) is 17.9 Å². The standard InChI is InChI=1S/C14H19ClFNO3S/c1-17(13-7-2-3-8-14(13)18)21(19,20)9-10-11(15)5-4-6-12(10)16/h4-6,13-14,18H,2-3,7-9H2,1H3/t13-,14-/m1/s1. The highest BCUT2D eigenvalue weighted by Gasteiger charge is 2.34. The van der Waals surface area contributed by atoms with Crippen molar-refractivity contribution in [2.24, 2.45) is 0 Å². The number of sulfonamides is 1. The Balaban J connectivity index is 2.21. The number of nitrogens with zero attached hydrogens (tertiary/aromatic N) is 1. The topological polar surface area (TPSA) is 57.6 Å². The van der Waals surface area contributed by atoms with E-state index in [0.717, 1.165) is 12.8 Å². The van der Waals surface area contributed by atoms with Crippen LogP contribution in [0.1, 0.15) is 31.2 Å². The monoisotopic (exact) mass is 335 g/mol. The Morgan fingerprint density at radius 3 is 2.67 bits per heavy atom. The highest BCUT2D eigenvalue weighted by atomic mass is 35.5. The molecule has 0 amide bonds. The summed E-state index contributed by atoms with van der Waals surface area (Å²) < 4.78 is 39.8. The van der Waals surface area contributed by atoms with E-state index in [9.17, 15) is 17.9 Å². The average molecular weight is 336 g/mol. The van der Waals surface area contributed by atoms with Gasteiger partial charge in [0.2, 0.25) is 10.0 Å². The van der Waals surface area contributed by atoms with Gasteiger partial charge in [-0.15, -0.1) is 0 Å². The molecule has 0 saturated heterocycles. The van der Waals surface area contributed by atoms with E-state index in [1.165, 1.54) is 29.6 Å². The summed E-state index contributed by atoms with van der Waals surface area (Å²) in [6, 6.07) is 3.63. The number of halogens is 2. The zero-order valence-corrected chi connectivity index (χ0v) is 13.4. The van der Waals surface area contributed by atoms with Crippen molar-refractivity contribution in [1.82, 2.24) is 4.31 Å². The number of likely N-dealkylation sites (N-methyl/N-ethyl adjacent to an activating group) is 1. The lowest BCUT2D eigenvalue weighted by Gasteiger charge is -2.34. The van der Waals surface area contributed by atoms with Crippen molar-refractivity contribution in [3.05, 3.63) is 34.6 Å². The van der Waals surface area contributed by atoms with E-state index in [2.05, 4.69) is 0 Å². The van der Waals surface area contributed by atoms with Gasteiger partial charge in [0.15, 0.2) is 0 Å². The molecule has 7 heteroatoms. The maximum absolute atomic E-state index is 13.7. The van der Waals surface area contributed by atoms with E-state index in [0.29, 0.717) is 12.8 Å². The third-order valence-electron chi connectivity index (χ3n) is 3.99. The fourth-order valence-electron chi connectivity index (χ4n) is 2.68. The van der Waals surface area contributed by atoms with Crippen molar-refractivity contribution in [3.63, 3.8) is 0 Å². The normalized spacial score (nSPS) is 23.5. The van der Waals surface area contributed by atoms with Crippen molar-refractivity contribution in [2.75, 3.05) is 7.05 Å². The zero-order chi connectivity index (χ0) is 15.6. The minimum atomic E-state index is -3.74. The van der Waals surface area contributed by atoms with Crippen LogP contribution in [0.25, 0.3) is 0 Å². The maximum Gasteiger partial charge on any atom is 0.218 e. The number of hydrogen-bond donors (Lipinski definition) is 1. The third kappa shape index (κ3) is 3.74. The molecule has 0 unspecified atom stereocenters. The minimum Gasteiger partial charge on any atom is -0.391 e. The largest absolute Gasteiger partial charge is 0.391 e. The first-order valence-electron chi connectivity index (χ1n) is 6.89. The Morgan fingerprint density at radius 2 is 2.05 bits per heavy atom. The molecule has 2 atom stereocenters. The van der Waals surface area contributed by atoms with E-state index in [4.69, 9.17) is 11.6 Å². The molecular formula is C14H19ClFNO3S. The van der Waals surface area contributed by atoms with E-state index < -0.39 is 33.7 Å². The molecule has 1 fully saturated rings. The predicted octanol–water partition coefficient (Wildman–Crippen LogP) is 2.54. The summed E-state index contributed by atoms with van der Waals surface area (Å²) in [6.07, 6.45) is 2.30. The summed E-state index contributed by atoms with van der Waals surface area (Å²) in [7, 11) is -2.31. The minimum absolute atomic E-state index is 0.0312. The molecule has 1 aromatic carbocycles. The fourth-order valence-corrected chi connectivity index (χ4v) is 4.51. The zero-order valence-electron chi connectivity index (χ0n) is 11.8. The summed E-state index contributed by atoms with van der Waals surface area (Å²) in [5.74, 6) is -1.14. The summed E-state index contributed by atoms with van der Waals surface area (Å²) in [5, 5.41) is 10.1. The number of hydrogen-bond acceptors (Lipinski definition) is 3. The fraction of sp³-hybridized carbons (Fsp3) is 0.571. The Hall–Kier alpha value is -0.690. The van der Waals surface area contributed by atoms with Crippen LogP contribution in [0.15, 0.2) is 18.2 Å². The van der Waals surface area contributed by atoms with Gasteiger partial charge in [-0.2, -0.15) is 4.31 Å². The van der Waals surface area contributed by atoms with Crippen molar-refractivity contribution >= 4 is 21.6 Å². The van der Waals surface area contributed by atoms with Crippen LogP contribution in [0.5, 0.6) is 0 Å². The molecule has 0 spiro atoms. The SMILES string of the molecule is CN([C@@H]1CCCC[C@H]1O)S(=O)(=O)Cc1c(F)cccc1Cl. The molecule has 1 aliphatic carbocycles. The number of aliphatic hydroxyl groups is 1. The maximum atomic E-state index is 13.7. The van der Waals surface area contributed by atoms with Crippen LogP contribution < -0.4 is 0 Å². The Labute approximate surface area is 129 Å². The number of benzene rings is 1. The second-order valence-electron chi connectivity index (χ2n) is 5.39. The quantitative estimate of drug-likeness (QED) is 0.920. The van der Waals surface area contributed by atoms with Crippen LogP contribution in [0.4, 0.5) is 4.39 Å². The Bertz CT molecular complexity index is 588. The van der Waals surface area contributed by atoms with E-state index in [-0.39, 0.29) is 10.6 Å². The molecule has 118 valence electrons. The highest BCUT2D eigenvalue weighted by molar-refractivity contribution is 7.88. The first-order chi connectivity index (χ1) is 9.83. The van der Waals surface area contributed by atoms with Gasteiger partial charge in [0, 0.05) is 17.6 Å². The molecule has 1 N–H and O–H groups in total. The molecule has 0 radical (unpaired) electrons. The van der Waals surface area contributed by atoms with E-state index in [1.54, 1.807) is 0 Å². The first kappa shape index (κ1) is 16.7. The third-order valence-corrected chi connectivity index (χ3v) is 6.14. The Kier molecular flexibility index (Phi) is 5.24. The van der Waals surface area contributed by atoms with Gasteiger partial charge in [-0.25, -0.2) is 12.8 Å². The lowest BCUT2D eigenvalue weighted by atomic mass is 9.93. The highest BCUT2D eigenvalue weighted by Crippen LogP contribution is 2.27. The van der Waals surface area contributed by atoms with Gasteiger partial charge in [-0.1, -0.05) is 30.5 Å². The molecule has 4 nitrogen and oxygen atoms in total. The molecule has 0 aromatic heterocycles. The van der Waals surface area contributed by atoms with Gasteiger partial charge < -0.3 is 5.11 Å². The number of aliphatic hydroxyl groups excluding tert-OH is 1. The van der Waals surface area contributed by atoms with Crippen LogP contribution >= 0.6 is 11.6 Å². The molecular weight excluding hydrogens is 317 g/mol. The number of rotatable bonds is 4. The second-order valence-corrected chi connectivity index (χ2v) is 7.83. The van der Waals surface area contributed by atoms with E-state index in [1.807, 2.05) is 0 Å². The lowest BCUT2D eigenvalue weighted by molar-refractivity contribution is 0.0637. The van der Waals surface area contributed by atoms with Gasteiger partial charge in [0.1, 0.15) is 5.82 Å². The average Bonchev–Trinajstić information content (AvgIpc) is 2.43. The van der Waals surface area contributed by atoms with Crippen molar-refractivity contribution in [1.29, 1.82) is 0 Å². The van der Waals surface area contributed by atoms with Crippen LogP contribution in [0.2, 0.25) is 5.02 Å². The molecule has 0 bridgehead atoms. The second kappa shape index (κ2) is 6.60. The lowest BCUT2D eigenvalue weighted by Crippen LogP contribution is -2.46. The molecule has 1 saturated carbocycles. The summed E-state index contributed by atoms with van der Waals surface area (Å²) in [5.41, 5.74) is -0.0312. The van der Waals surface area contributed by atoms with E-state index >= 15 is 0 Å². The van der Waals surface area contributed by atoms with Crippen molar-refractivity contribution < 1.29 is 17.9 Å². The molecule has 21 heavy (non-hydrogen) atoms. The smallest absolute Gasteiger partial charge is 0.218 e. The van der Waals surface area contributed by atoms with Crippen LogP contribution in [0.3, 0.4) is 0 Å². The van der Waals surface area contributed by atoms with Gasteiger partial charge >= 0.3 is 0 Å². The van der Waals surface area contributed by atoms with Gasteiger partial charge in [0.25, 0.3) is 0 Å². The van der Waals surface area contributed by atoms with Crippen LogP contribution in [0, 0.1) is 5.82 Å². The van der Waals surface area contributed by atoms with Crippen molar-refractivity contribution in [2.45, 2.75) is 43.6 Å². The van der Waals surface area contributed by atoms with Gasteiger partial charge in [-0.05, 0) is 25.0 Å². The molecule has 1 aliphatic rings. The molecule has 0 aliphatic heterocycles. The van der Waals surface area contributed by atoms with Gasteiger partial charge in [-0.3, -0.25) is 0 Å². The molecule has 1 aromatic rings. The van der Waals surface area contributed by atoms with Crippen LogP contribution in [-0.4, -0.2) is 37.0 Å². The van der Waals surface area contributed by atoms with Crippen molar-refractivity contribution in [3.8, 4) is 0 Å². The summed E-state index contributed by atoms with van der Waals surface area (Å²) >= 11 is 5.88. The predicted molar refractivity (Wildman–Crippen MR) is 80.1 cm³/mol. The first-order valence-corrected chi connectivity index (χ1v) is 8.88. The summed E-state index contributed by atoms with van der Waals surface area (Å²) in [6.45, 7) is 0. The summed E-state index contributed by atoms with van der Waals surface area (Å²) in [4.78, 5) is 0. The molecule has 0 heterocycles.